The highest BCUT2D eigenvalue weighted by atomic mass is 19.1. The fraction of sp³-hybridized carbons (Fsp3) is 0.333. The summed E-state index contributed by atoms with van der Waals surface area (Å²) >= 11 is 0. The Morgan fingerprint density at radius 1 is 1.47 bits per heavy atom. The maximum Gasteiger partial charge on any atom is 0.233 e. The third-order valence-corrected chi connectivity index (χ3v) is 3.01. The number of nitrogens with two attached hydrogens (primary N) is 1. The Hall–Kier alpha value is -1.91. The molecule has 1 heterocycles. The molecule has 1 saturated carbocycles. The van der Waals surface area contributed by atoms with Gasteiger partial charge in [-0.2, -0.15) is 4.98 Å². The van der Waals surface area contributed by atoms with Crippen molar-refractivity contribution < 1.29 is 8.91 Å². The van der Waals surface area contributed by atoms with Crippen molar-refractivity contribution >= 4 is 5.69 Å². The van der Waals surface area contributed by atoms with Crippen LogP contribution >= 0.6 is 0 Å². The van der Waals surface area contributed by atoms with Crippen molar-refractivity contribution in [2.45, 2.75) is 25.4 Å². The molecule has 88 valence electrons. The van der Waals surface area contributed by atoms with E-state index < -0.39 is 6.17 Å². The molecule has 1 unspecified atom stereocenters. The lowest BCUT2D eigenvalue weighted by molar-refractivity contribution is 0.363. The predicted molar refractivity (Wildman–Crippen MR) is 61.1 cm³/mol. The number of nitrogen functional groups attached to an aromatic ring is 1. The summed E-state index contributed by atoms with van der Waals surface area (Å²) in [5.74, 6) is 0.636. The van der Waals surface area contributed by atoms with Crippen molar-refractivity contribution in [1.29, 1.82) is 0 Å². The summed E-state index contributed by atoms with van der Waals surface area (Å²) in [6.45, 7) is 1.93. The zero-order valence-electron chi connectivity index (χ0n) is 9.35. The smallest absolute Gasteiger partial charge is 0.233 e. The highest BCUT2D eigenvalue weighted by Crippen LogP contribution is 2.43. The minimum atomic E-state index is -0.827. The van der Waals surface area contributed by atoms with Gasteiger partial charge in [-0.05, 0) is 25.0 Å². The van der Waals surface area contributed by atoms with E-state index in [0.717, 1.165) is 11.1 Å². The van der Waals surface area contributed by atoms with Crippen LogP contribution in [0.2, 0.25) is 0 Å². The number of benzene rings is 1. The third kappa shape index (κ3) is 1.77. The normalized spacial score (nSPS) is 22.7. The molecule has 1 fully saturated rings. The Morgan fingerprint density at radius 3 is 2.88 bits per heavy atom. The molecule has 0 radical (unpaired) electrons. The van der Waals surface area contributed by atoms with Crippen molar-refractivity contribution in [3.05, 3.63) is 29.7 Å². The van der Waals surface area contributed by atoms with Crippen molar-refractivity contribution in [2.24, 2.45) is 0 Å². The maximum absolute atomic E-state index is 12.8. The molecular weight excluding hydrogens is 221 g/mol. The number of anilines is 1. The molecule has 2 atom stereocenters. The van der Waals surface area contributed by atoms with Crippen LogP contribution in [-0.2, 0) is 0 Å². The minimum Gasteiger partial charge on any atom is -0.398 e. The van der Waals surface area contributed by atoms with Crippen molar-refractivity contribution in [2.75, 3.05) is 5.73 Å². The van der Waals surface area contributed by atoms with E-state index in [-0.39, 0.29) is 5.92 Å². The van der Waals surface area contributed by atoms with E-state index in [9.17, 15) is 4.39 Å². The number of rotatable bonds is 2. The average molecular weight is 233 g/mol. The molecule has 1 aliphatic rings. The van der Waals surface area contributed by atoms with E-state index in [0.29, 0.717) is 23.8 Å². The van der Waals surface area contributed by atoms with E-state index in [2.05, 4.69) is 10.1 Å². The Morgan fingerprint density at radius 2 is 2.24 bits per heavy atom. The Kier molecular flexibility index (Phi) is 2.14. The fourth-order valence-electron chi connectivity index (χ4n) is 1.70. The topological polar surface area (TPSA) is 64.9 Å². The average Bonchev–Trinajstić information content (AvgIpc) is 2.86. The van der Waals surface area contributed by atoms with E-state index in [1.165, 1.54) is 0 Å². The predicted octanol–water partition coefficient (Wildman–Crippen LogP) is 2.45. The van der Waals surface area contributed by atoms with Gasteiger partial charge in [-0.15, -0.1) is 0 Å². The second kappa shape index (κ2) is 3.55. The molecule has 0 aliphatic heterocycles. The van der Waals surface area contributed by atoms with Gasteiger partial charge in [0, 0.05) is 11.3 Å². The molecule has 2 aromatic rings. The molecular formula is C12H12FN3O. The number of aryl methyl sites for hydroxylation is 1. The molecule has 0 amide bonds. The standard InChI is InChI=1S/C12H12FN3O/c1-6-2-3-7(4-10(6)14)11-15-12(17-16-11)8-5-9(8)13/h2-4,8-9H,5,14H2,1H3/t8?,9-/m1/s1. The molecule has 1 aliphatic carbocycles. The quantitative estimate of drug-likeness (QED) is 0.809. The van der Waals surface area contributed by atoms with Crippen LogP contribution in [0.25, 0.3) is 11.4 Å². The van der Waals surface area contributed by atoms with Gasteiger partial charge in [0.05, 0.1) is 5.92 Å². The van der Waals surface area contributed by atoms with Crippen LogP contribution in [0.15, 0.2) is 22.7 Å². The lowest BCUT2D eigenvalue weighted by Gasteiger charge is -2.00. The summed E-state index contributed by atoms with van der Waals surface area (Å²) in [6.07, 6.45) is -0.344. The van der Waals surface area contributed by atoms with Crippen molar-refractivity contribution in [3.8, 4) is 11.4 Å². The number of nitrogens with zero attached hydrogens (tertiary/aromatic N) is 2. The van der Waals surface area contributed by atoms with Crippen LogP contribution in [0.1, 0.15) is 23.8 Å². The SMILES string of the molecule is Cc1ccc(-c2noc(C3C[C@H]3F)n2)cc1N. The summed E-state index contributed by atoms with van der Waals surface area (Å²) in [4.78, 5) is 4.19. The van der Waals surface area contributed by atoms with Crippen LogP contribution < -0.4 is 5.73 Å². The first kappa shape index (κ1) is 10.3. The van der Waals surface area contributed by atoms with E-state index in [1.54, 1.807) is 6.07 Å². The third-order valence-electron chi connectivity index (χ3n) is 3.01. The summed E-state index contributed by atoms with van der Waals surface area (Å²) in [5, 5.41) is 3.84. The van der Waals surface area contributed by atoms with Crippen LogP contribution in [-0.4, -0.2) is 16.3 Å². The van der Waals surface area contributed by atoms with Crippen LogP contribution in [0.3, 0.4) is 0 Å². The number of alkyl halides is 1. The number of hydrogen-bond acceptors (Lipinski definition) is 4. The second-order valence-electron chi connectivity index (χ2n) is 4.39. The number of aromatic nitrogens is 2. The molecule has 1 aromatic heterocycles. The molecule has 2 N–H and O–H groups in total. The van der Waals surface area contributed by atoms with Crippen LogP contribution in [0.5, 0.6) is 0 Å². The van der Waals surface area contributed by atoms with Crippen LogP contribution in [0.4, 0.5) is 10.1 Å². The van der Waals surface area contributed by atoms with E-state index >= 15 is 0 Å². The number of hydrogen-bond donors (Lipinski definition) is 1. The molecule has 0 bridgehead atoms. The Bertz CT molecular complexity index is 567. The van der Waals surface area contributed by atoms with Gasteiger partial charge in [0.15, 0.2) is 0 Å². The Balaban J connectivity index is 1.92. The maximum atomic E-state index is 12.8. The van der Waals surface area contributed by atoms with Gasteiger partial charge in [-0.1, -0.05) is 17.3 Å². The lowest BCUT2D eigenvalue weighted by atomic mass is 10.1. The molecule has 0 saturated heterocycles. The summed E-state index contributed by atoms with van der Waals surface area (Å²) in [5.41, 5.74) is 8.29. The van der Waals surface area contributed by atoms with Gasteiger partial charge in [0.25, 0.3) is 0 Å². The highest BCUT2D eigenvalue weighted by molar-refractivity contribution is 5.63. The van der Waals surface area contributed by atoms with E-state index in [1.807, 2.05) is 19.1 Å². The summed E-state index contributed by atoms with van der Waals surface area (Å²) in [6, 6.07) is 5.57. The molecule has 3 rings (SSSR count). The number of halogens is 1. The highest BCUT2D eigenvalue weighted by Gasteiger charge is 2.43. The molecule has 4 nitrogen and oxygen atoms in total. The zero-order valence-corrected chi connectivity index (χ0v) is 9.35. The minimum absolute atomic E-state index is 0.209. The van der Waals surface area contributed by atoms with Crippen LogP contribution in [0, 0.1) is 6.92 Å². The van der Waals surface area contributed by atoms with Gasteiger partial charge < -0.3 is 10.3 Å². The molecule has 5 heteroatoms. The molecule has 1 aromatic carbocycles. The largest absolute Gasteiger partial charge is 0.398 e. The van der Waals surface area contributed by atoms with Crippen molar-refractivity contribution in [1.82, 2.24) is 10.1 Å². The van der Waals surface area contributed by atoms with Gasteiger partial charge in [-0.3, -0.25) is 0 Å². The van der Waals surface area contributed by atoms with Gasteiger partial charge in [0.2, 0.25) is 11.7 Å². The molecule has 17 heavy (non-hydrogen) atoms. The zero-order chi connectivity index (χ0) is 12.0. The fourth-order valence-corrected chi connectivity index (χ4v) is 1.70. The summed E-state index contributed by atoms with van der Waals surface area (Å²) < 4.78 is 17.9. The molecule has 0 spiro atoms. The van der Waals surface area contributed by atoms with Crippen molar-refractivity contribution in [3.63, 3.8) is 0 Å². The lowest BCUT2D eigenvalue weighted by Crippen LogP contribution is -1.91. The van der Waals surface area contributed by atoms with Gasteiger partial charge in [-0.25, -0.2) is 4.39 Å². The summed E-state index contributed by atoms with van der Waals surface area (Å²) in [7, 11) is 0. The first-order chi connectivity index (χ1) is 8.15. The van der Waals surface area contributed by atoms with Gasteiger partial charge in [0.1, 0.15) is 6.17 Å². The monoisotopic (exact) mass is 233 g/mol. The van der Waals surface area contributed by atoms with E-state index in [4.69, 9.17) is 10.3 Å². The van der Waals surface area contributed by atoms with Gasteiger partial charge >= 0.3 is 0 Å². The first-order valence-electron chi connectivity index (χ1n) is 5.49. The Labute approximate surface area is 97.6 Å². The first-order valence-corrected chi connectivity index (χ1v) is 5.49. The second-order valence-corrected chi connectivity index (χ2v) is 4.39.